The van der Waals surface area contributed by atoms with Crippen molar-refractivity contribution in [2.24, 2.45) is 5.92 Å². The third-order valence-electron chi connectivity index (χ3n) is 5.95. The van der Waals surface area contributed by atoms with Crippen LogP contribution in [0.1, 0.15) is 63.4 Å². The topological polar surface area (TPSA) is 79.5 Å². The smallest absolute Gasteiger partial charge is 0.303 e. The van der Waals surface area contributed by atoms with E-state index in [9.17, 15) is 10.1 Å². The maximum Gasteiger partial charge on any atom is 0.303 e. The van der Waals surface area contributed by atoms with Crippen molar-refractivity contribution >= 4 is 5.97 Å². The number of rotatable bonds is 6. The maximum atomic E-state index is 11.0. The van der Waals surface area contributed by atoms with Gasteiger partial charge in [-0.3, -0.25) is 4.79 Å². The van der Waals surface area contributed by atoms with E-state index in [4.69, 9.17) is 14.6 Å². The van der Waals surface area contributed by atoms with Crippen LogP contribution in [-0.4, -0.2) is 24.3 Å². The fourth-order valence-electron chi connectivity index (χ4n) is 4.34. The first-order valence-corrected chi connectivity index (χ1v) is 9.54. The van der Waals surface area contributed by atoms with Crippen LogP contribution in [0.3, 0.4) is 0 Å². The summed E-state index contributed by atoms with van der Waals surface area (Å²) in [5.74, 6) is 0.838. The molecule has 26 heavy (non-hydrogen) atoms. The van der Waals surface area contributed by atoms with Crippen molar-refractivity contribution < 1.29 is 19.4 Å². The second kappa shape index (κ2) is 7.99. The number of nitrogens with zero attached hydrogens (tertiary/aromatic N) is 1. The number of carboxylic acid groups (broad SMARTS) is 1. The summed E-state index contributed by atoms with van der Waals surface area (Å²) in [5.41, 5.74) is 0.400. The highest BCUT2D eigenvalue weighted by Crippen LogP contribution is 2.44. The van der Waals surface area contributed by atoms with Gasteiger partial charge in [0.25, 0.3) is 0 Å². The molecule has 0 bridgehead atoms. The van der Waals surface area contributed by atoms with Crippen LogP contribution < -0.4 is 9.47 Å². The molecule has 1 N–H and O–H groups in total. The molecule has 0 saturated heterocycles. The molecule has 2 fully saturated rings. The van der Waals surface area contributed by atoms with Crippen LogP contribution in [-0.2, 0) is 10.2 Å². The lowest BCUT2D eigenvalue weighted by Crippen LogP contribution is -2.31. The van der Waals surface area contributed by atoms with Crippen LogP contribution in [0, 0.1) is 17.2 Å². The molecule has 1 aromatic rings. The van der Waals surface area contributed by atoms with Gasteiger partial charge in [0.05, 0.1) is 24.7 Å². The number of carbonyl (C=O) groups is 1. The molecule has 2 aliphatic carbocycles. The lowest BCUT2D eigenvalue weighted by atomic mass is 9.67. The van der Waals surface area contributed by atoms with Crippen LogP contribution in [0.4, 0.5) is 0 Å². The fraction of sp³-hybridized carbons (Fsp3) is 0.619. The van der Waals surface area contributed by atoms with Gasteiger partial charge < -0.3 is 14.6 Å². The Labute approximate surface area is 154 Å². The Morgan fingerprint density at radius 1 is 1.23 bits per heavy atom. The number of methoxy groups -OCH3 is 1. The van der Waals surface area contributed by atoms with Gasteiger partial charge in [-0.25, -0.2) is 0 Å². The Bertz CT molecular complexity index is 680. The summed E-state index contributed by atoms with van der Waals surface area (Å²) in [6.45, 7) is 0. The third kappa shape index (κ3) is 3.95. The molecular formula is C21H27NO4. The van der Waals surface area contributed by atoms with Gasteiger partial charge in [-0.15, -0.1) is 0 Å². The van der Waals surface area contributed by atoms with Gasteiger partial charge >= 0.3 is 5.97 Å². The summed E-state index contributed by atoms with van der Waals surface area (Å²) in [7, 11) is 1.63. The molecule has 140 valence electrons. The Kier molecular flexibility index (Phi) is 5.70. The van der Waals surface area contributed by atoms with Gasteiger partial charge in [0, 0.05) is 6.42 Å². The number of ether oxygens (including phenoxy) is 2. The summed E-state index contributed by atoms with van der Waals surface area (Å²) in [6.07, 6.45) is 7.85. The number of nitriles is 1. The number of hydrogen-bond donors (Lipinski definition) is 1. The van der Waals surface area contributed by atoms with Crippen molar-refractivity contribution in [3.63, 3.8) is 0 Å². The van der Waals surface area contributed by atoms with Crippen LogP contribution in [0.2, 0.25) is 0 Å². The highest BCUT2D eigenvalue weighted by Gasteiger charge is 2.38. The van der Waals surface area contributed by atoms with E-state index in [1.165, 1.54) is 12.8 Å². The fourth-order valence-corrected chi connectivity index (χ4v) is 4.34. The molecular weight excluding hydrogens is 330 g/mol. The van der Waals surface area contributed by atoms with E-state index in [-0.39, 0.29) is 18.4 Å². The molecule has 0 heterocycles. The SMILES string of the molecule is COc1ccc(C2(C#N)CCC(CC(=O)O)CC2)cc1OC1CCCC1. The monoisotopic (exact) mass is 357 g/mol. The molecule has 0 radical (unpaired) electrons. The molecule has 1 aromatic carbocycles. The van der Waals surface area contributed by atoms with Crippen LogP contribution >= 0.6 is 0 Å². The molecule has 2 aliphatic rings. The first-order chi connectivity index (χ1) is 12.6. The van der Waals surface area contributed by atoms with Gasteiger partial charge in [-0.05, 0) is 75.0 Å². The van der Waals surface area contributed by atoms with E-state index in [0.717, 1.165) is 37.0 Å². The quantitative estimate of drug-likeness (QED) is 0.814. The van der Waals surface area contributed by atoms with Crippen molar-refractivity contribution in [3.05, 3.63) is 23.8 Å². The number of carboxylic acids is 1. The molecule has 0 unspecified atom stereocenters. The Morgan fingerprint density at radius 3 is 2.50 bits per heavy atom. The van der Waals surface area contributed by atoms with Gasteiger partial charge in [0.1, 0.15) is 0 Å². The van der Waals surface area contributed by atoms with Gasteiger partial charge in [-0.1, -0.05) is 6.07 Å². The van der Waals surface area contributed by atoms with E-state index in [2.05, 4.69) is 6.07 Å². The first-order valence-electron chi connectivity index (χ1n) is 9.54. The van der Waals surface area contributed by atoms with E-state index in [0.29, 0.717) is 18.6 Å². The van der Waals surface area contributed by atoms with E-state index in [1.54, 1.807) is 7.11 Å². The molecule has 5 nitrogen and oxygen atoms in total. The van der Waals surface area contributed by atoms with E-state index in [1.807, 2.05) is 18.2 Å². The lowest BCUT2D eigenvalue weighted by molar-refractivity contribution is -0.138. The largest absolute Gasteiger partial charge is 0.493 e. The van der Waals surface area contributed by atoms with Crippen LogP contribution in [0.5, 0.6) is 11.5 Å². The molecule has 0 amide bonds. The van der Waals surface area contributed by atoms with Crippen molar-refractivity contribution in [1.82, 2.24) is 0 Å². The van der Waals surface area contributed by atoms with Crippen LogP contribution in [0.25, 0.3) is 0 Å². The predicted molar refractivity (Wildman–Crippen MR) is 97.4 cm³/mol. The van der Waals surface area contributed by atoms with Gasteiger partial charge in [0.15, 0.2) is 11.5 Å². The first kappa shape index (κ1) is 18.6. The lowest BCUT2D eigenvalue weighted by Gasteiger charge is -2.35. The minimum atomic E-state index is -0.754. The second-order valence-corrected chi connectivity index (χ2v) is 7.63. The zero-order valence-corrected chi connectivity index (χ0v) is 15.4. The molecule has 2 saturated carbocycles. The van der Waals surface area contributed by atoms with Crippen LogP contribution in [0.15, 0.2) is 18.2 Å². The Hall–Kier alpha value is -2.22. The highest BCUT2D eigenvalue weighted by molar-refractivity contribution is 5.67. The molecule has 0 aliphatic heterocycles. The Balaban J connectivity index is 1.80. The summed E-state index contributed by atoms with van der Waals surface area (Å²) < 4.78 is 11.6. The summed E-state index contributed by atoms with van der Waals surface area (Å²) >= 11 is 0. The van der Waals surface area contributed by atoms with Crippen molar-refractivity contribution in [2.45, 2.75) is 69.3 Å². The molecule has 0 spiro atoms. The zero-order chi connectivity index (χ0) is 18.6. The van der Waals surface area contributed by atoms with E-state index < -0.39 is 11.4 Å². The predicted octanol–water partition coefficient (Wildman–Crippen LogP) is 4.44. The normalized spacial score (nSPS) is 26.2. The Morgan fingerprint density at radius 2 is 1.92 bits per heavy atom. The third-order valence-corrected chi connectivity index (χ3v) is 5.95. The summed E-state index contributed by atoms with van der Waals surface area (Å²) in [5, 5.41) is 18.9. The number of hydrogen-bond acceptors (Lipinski definition) is 4. The van der Waals surface area contributed by atoms with Crippen molar-refractivity contribution in [1.29, 1.82) is 5.26 Å². The minimum Gasteiger partial charge on any atom is -0.493 e. The zero-order valence-electron chi connectivity index (χ0n) is 15.4. The summed E-state index contributed by atoms with van der Waals surface area (Å²) in [6, 6.07) is 8.34. The molecule has 5 heteroatoms. The minimum absolute atomic E-state index is 0.168. The molecule has 0 aromatic heterocycles. The van der Waals surface area contributed by atoms with Crippen molar-refractivity contribution in [2.75, 3.05) is 7.11 Å². The van der Waals surface area contributed by atoms with Gasteiger partial charge in [-0.2, -0.15) is 5.26 Å². The summed E-state index contributed by atoms with van der Waals surface area (Å²) in [4.78, 5) is 11.0. The average Bonchev–Trinajstić information content (AvgIpc) is 3.15. The highest BCUT2D eigenvalue weighted by atomic mass is 16.5. The average molecular weight is 357 g/mol. The number of benzene rings is 1. The maximum absolute atomic E-state index is 11.0. The van der Waals surface area contributed by atoms with E-state index >= 15 is 0 Å². The molecule has 0 atom stereocenters. The molecule has 3 rings (SSSR count). The second-order valence-electron chi connectivity index (χ2n) is 7.63. The standard InChI is InChI=1S/C21H27NO4/c1-25-18-7-6-16(13-19(18)26-17-4-2-3-5-17)21(14-22)10-8-15(9-11-21)12-20(23)24/h6-7,13,15,17H,2-5,8-12H2,1H3,(H,23,24). The van der Waals surface area contributed by atoms with Gasteiger partial charge in [0.2, 0.25) is 0 Å². The number of aliphatic carboxylic acids is 1. The van der Waals surface area contributed by atoms with Crippen molar-refractivity contribution in [3.8, 4) is 17.6 Å².